The van der Waals surface area contributed by atoms with Crippen LogP contribution in [0, 0.1) is 11.7 Å². The Kier molecular flexibility index (Phi) is 5.30. The maximum Gasteiger partial charge on any atom is 0.244 e. The quantitative estimate of drug-likeness (QED) is 0.829. The zero-order valence-electron chi connectivity index (χ0n) is 15.2. The number of amides is 1. The highest BCUT2D eigenvalue weighted by atomic mass is 19.1. The molecule has 3 aliphatic heterocycles. The summed E-state index contributed by atoms with van der Waals surface area (Å²) in [5, 5.41) is 3.20. The number of hydrogen-bond donors (Lipinski definition) is 1. The van der Waals surface area contributed by atoms with Crippen LogP contribution in [0.25, 0.3) is 6.08 Å². The zero-order valence-corrected chi connectivity index (χ0v) is 15.2. The summed E-state index contributed by atoms with van der Waals surface area (Å²) in [6, 6.07) is 10.9. The fourth-order valence-electron chi connectivity index (χ4n) is 4.37. The third-order valence-electron chi connectivity index (χ3n) is 5.76. The Bertz CT molecular complexity index is 815. The smallest absolute Gasteiger partial charge is 0.244 e. The number of nitrogens with one attached hydrogen (secondary N) is 1. The van der Waals surface area contributed by atoms with E-state index in [0.29, 0.717) is 11.5 Å². The summed E-state index contributed by atoms with van der Waals surface area (Å²) in [4.78, 5) is 19.2. The number of pyridine rings is 1. The van der Waals surface area contributed by atoms with Crippen molar-refractivity contribution in [3.8, 4) is 0 Å². The van der Waals surface area contributed by atoms with Gasteiger partial charge in [0, 0.05) is 36.1 Å². The Morgan fingerprint density at radius 2 is 2.04 bits per heavy atom. The fraction of sp³-hybridized carbons (Fsp3) is 0.364. The molecule has 2 aromatic rings. The first-order valence-electron chi connectivity index (χ1n) is 9.57. The average Bonchev–Trinajstić information content (AvgIpc) is 2.71. The van der Waals surface area contributed by atoms with Gasteiger partial charge in [-0.2, -0.15) is 0 Å². The van der Waals surface area contributed by atoms with Gasteiger partial charge >= 0.3 is 0 Å². The molecule has 5 heteroatoms. The molecule has 3 fully saturated rings. The largest absolute Gasteiger partial charge is 0.348 e. The molecule has 1 aromatic carbocycles. The van der Waals surface area contributed by atoms with E-state index in [1.807, 2.05) is 12.3 Å². The van der Waals surface area contributed by atoms with Gasteiger partial charge in [-0.05, 0) is 62.0 Å². The van der Waals surface area contributed by atoms with Crippen LogP contribution in [0.4, 0.5) is 4.39 Å². The minimum Gasteiger partial charge on any atom is -0.348 e. The maximum absolute atomic E-state index is 13.7. The van der Waals surface area contributed by atoms with E-state index in [4.69, 9.17) is 0 Å². The second kappa shape index (κ2) is 8.01. The van der Waals surface area contributed by atoms with Gasteiger partial charge in [0.2, 0.25) is 5.91 Å². The number of halogens is 1. The Hall–Kier alpha value is -2.53. The van der Waals surface area contributed by atoms with E-state index in [0.717, 1.165) is 32.4 Å². The molecule has 3 saturated heterocycles. The van der Waals surface area contributed by atoms with Crippen molar-refractivity contribution in [3.05, 3.63) is 71.8 Å². The number of aromatic nitrogens is 1. The standard InChI is InChI=1S/C22H24FN3O/c23-19-6-2-1-5-17(19)7-8-21(27)25-22-18-9-12-26(13-10-18)20(22)14-16-4-3-11-24-15-16/h1-8,11,15,18,20,22H,9-10,12-14H2,(H,25,27). The molecule has 140 valence electrons. The monoisotopic (exact) mass is 365 g/mol. The lowest BCUT2D eigenvalue weighted by Crippen LogP contribution is -2.64. The van der Waals surface area contributed by atoms with Crippen LogP contribution >= 0.6 is 0 Å². The molecular weight excluding hydrogens is 341 g/mol. The van der Waals surface area contributed by atoms with Gasteiger partial charge in [-0.25, -0.2) is 4.39 Å². The molecule has 1 amide bonds. The number of fused-ring (bicyclic) bond motifs is 3. The highest BCUT2D eigenvalue weighted by Crippen LogP contribution is 2.34. The normalized spacial score (nSPS) is 27.0. The summed E-state index contributed by atoms with van der Waals surface area (Å²) in [6.45, 7) is 2.18. The number of carbonyl (C=O) groups is 1. The molecule has 3 aliphatic rings. The molecule has 5 rings (SSSR count). The summed E-state index contributed by atoms with van der Waals surface area (Å²) >= 11 is 0. The average molecular weight is 365 g/mol. The first-order valence-corrected chi connectivity index (χ1v) is 9.57. The number of piperidine rings is 3. The molecule has 0 radical (unpaired) electrons. The highest BCUT2D eigenvalue weighted by molar-refractivity contribution is 5.92. The topological polar surface area (TPSA) is 45.2 Å². The number of rotatable bonds is 5. The van der Waals surface area contributed by atoms with Crippen LogP contribution in [-0.4, -0.2) is 41.0 Å². The van der Waals surface area contributed by atoms with E-state index in [9.17, 15) is 9.18 Å². The van der Waals surface area contributed by atoms with E-state index < -0.39 is 0 Å². The van der Waals surface area contributed by atoms with Crippen LogP contribution in [0.1, 0.15) is 24.0 Å². The first kappa shape index (κ1) is 17.9. The van der Waals surface area contributed by atoms with Gasteiger partial charge in [-0.3, -0.25) is 14.7 Å². The summed E-state index contributed by atoms with van der Waals surface area (Å²) in [5.74, 6) is 0.0227. The predicted molar refractivity (Wildman–Crippen MR) is 103 cm³/mol. The number of carbonyl (C=O) groups excluding carboxylic acids is 1. The molecule has 0 spiro atoms. The molecule has 27 heavy (non-hydrogen) atoms. The van der Waals surface area contributed by atoms with Gasteiger partial charge in [0.25, 0.3) is 0 Å². The molecule has 1 N–H and O–H groups in total. The second-order valence-corrected chi connectivity index (χ2v) is 7.40. The molecule has 2 atom stereocenters. The molecule has 2 unspecified atom stereocenters. The van der Waals surface area contributed by atoms with E-state index in [1.54, 1.807) is 30.5 Å². The molecule has 0 saturated carbocycles. The fourth-order valence-corrected chi connectivity index (χ4v) is 4.37. The lowest BCUT2D eigenvalue weighted by molar-refractivity contribution is -0.119. The summed E-state index contributed by atoms with van der Waals surface area (Å²) < 4.78 is 13.7. The summed E-state index contributed by atoms with van der Waals surface area (Å²) in [7, 11) is 0. The minimum atomic E-state index is -0.321. The van der Waals surface area contributed by atoms with Crippen molar-refractivity contribution in [3.63, 3.8) is 0 Å². The minimum absolute atomic E-state index is 0.116. The number of benzene rings is 1. The molecule has 4 heterocycles. The van der Waals surface area contributed by atoms with Crippen LogP contribution in [-0.2, 0) is 11.2 Å². The zero-order chi connectivity index (χ0) is 18.6. The van der Waals surface area contributed by atoms with E-state index in [1.165, 1.54) is 17.7 Å². The van der Waals surface area contributed by atoms with Gasteiger partial charge in [0.15, 0.2) is 0 Å². The van der Waals surface area contributed by atoms with Crippen molar-refractivity contribution < 1.29 is 9.18 Å². The lowest BCUT2D eigenvalue weighted by atomic mass is 9.77. The lowest BCUT2D eigenvalue weighted by Gasteiger charge is -2.51. The van der Waals surface area contributed by atoms with Gasteiger partial charge in [-0.1, -0.05) is 24.3 Å². The Balaban J connectivity index is 1.46. The van der Waals surface area contributed by atoms with Crippen LogP contribution in [0.15, 0.2) is 54.9 Å². The molecule has 1 aromatic heterocycles. The third kappa shape index (κ3) is 4.08. The SMILES string of the molecule is O=C(C=Cc1ccccc1F)NC1C2CCN(CC2)C1Cc1cccnc1. The third-order valence-corrected chi connectivity index (χ3v) is 5.76. The van der Waals surface area contributed by atoms with Crippen LogP contribution in [0.3, 0.4) is 0 Å². The van der Waals surface area contributed by atoms with Crippen LogP contribution in [0.2, 0.25) is 0 Å². The van der Waals surface area contributed by atoms with Crippen molar-refractivity contribution in [1.82, 2.24) is 15.2 Å². The highest BCUT2D eigenvalue weighted by Gasteiger charge is 2.42. The Labute approximate surface area is 159 Å². The first-order chi connectivity index (χ1) is 13.2. The van der Waals surface area contributed by atoms with E-state index in [2.05, 4.69) is 21.3 Å². The van der Waals surface area contributed by atoms with Crippen LogP contribution in [0.5, 0.6) is 0 Å². The molecule has 4 nitrogen and oxygen atoms in total. The van der Waals surface area contributed by atoms with Gasteiger partial charge in [0.05, 0.1) is 0 Å². The summed E-state index contributed by atoms with van der Waals surface area (Å²) in [5.41, 5.74) is 1.62. The van der Waals surface area contributed by atoms with E-state index in [-0.39, 0.29) is 23.8 Å². The summed E-state index contributed by atoms with van der Waals surface area (Å²) in [6.07, 6.45) is 9.78. The van der Waals surface area contributed by atoms with Gasteiger partial charge < -0.3 is 5.32 Å². The van der Waals surface area contributed by atoms with Crippen molar-refractivity contribution >= 4 is 12.0 Å². The van der Waals surface area contributed by atoms with Crippen LogP contribution < -0.4 is 5.32 Å². The maximum atomic E-state index is 13.7. The van der Waals surface area contributed by atoms with Crippen molar-refractivity contribution in [2.24, 2.45) is 5.92 Å². The molecule has 2 bridgehead atoms. The number of nitrogens with zero attached hydrogens (tertiary/aromatic N) is 2. The number of hydrogen-bond acceptors (Lipinski definition) is 3. The van der Waals surface area contributed by atoms with E-state index >= 15 is 0 Å². The predicted octanol–water partition coefficient (Wildman–Crippen LogP) is 3.06. The van der Waals surface area contributed by atoms with Gasteiger partial charge in [-0.15, -0.1) is 0 Å². The van der Waals surface area contributed by atoms with Crippen molar-refractivity contribution in [2.75, 3.05) is 13.1 Å². The van der Waals surface area contributed by atoms with Crippen molar-refractivity contribution in [2.45, 2.75) is 31.3 Å². The van der Waals surface area contributed by atoms with Crippen molar-refractivity contribution in [1.29, 1.82) is 0 Å². The molecule has 0 aliphatic carbocycles. The van der Waals surface area contributed by atoms with Gasteiger partial charge in [0.1, 0.15) is 5.82 Å². The second-order valence-electron chi connectivity index (χ2n) is 7.40. The Morgan fingerprint density at radius 1 is 1.22 bits per heavy atom. The molecular formula is C22H24FN3O. The Morgan fingerprint density at radius 3 is 2.78 bits per heavy atom.